The fourth-order valence-electron chi connectivity index (χ4n) is 5.37. The van der Waals surface area contributed by atoms with Gasteiger partial charge in [0, 0.05) is 50.4 Å². The van der Waals surface area contributed by atoms with Gasteiger partial charge in [0.25, 0.3) is 0 Å². The molecule has 0 bridgehead atoms. The normalized spacial score (nSPS) is 15.6. The van der Waals surface area contributed by atoms with Gasteiger partial charge in [0.15, 0.2) is 5.78 Å². The lowest BCUT2D eigenvalue weighted by molar-refractivity contribution is -0.154. The molecule has 5 amide bonds. The number of ketones is 1. The van der Waals surface area contributed by atoms with Gasteiger partial charge in [-0.1, -0.05) is 39.8 Å². The van der Waals surface area contributed by atoms with Crippen molar-refractivity contribution in [1.82, 2.24) is 15.5 Å². The van der Waals surface area contributed by atoms with E-state index in [-0.39, 0.29) is 105 Å². The van der Waals surface area contributed by atoms with Crippen LogP contribution in [0.1, 0.15) is 86.6 Å². The lowest BCUT2D eigenvalue weighted by Crippen LogP contribution is -2.40. The number of hydrogen-bond donors (Lipinski definition) is 3. The molecule has 0 aromatic heterocycles. The molecule has 320 valence electrons. The second kappa shape index (κ2) is 24.5. The molecule has 16 nitrogen and oxygen atoms in total. The molecule has 1 unspecified atom stereocenters. The molecule has 0 aliphatic carbocycles. The number of nitrogens with one attached hydrogen (secondary N) is 3. The van der Waals surface area contributed by atoms with Crippen LogP contribution in [-0.4, -0.2) is 118 Å². The highest BCUT2D eigenvalue weighted by Crippen LogP contribution is 2.35. The second-order valence-corrected chi connectivity index (χ2v) is 16.2. The maximum atomic E-state index is 12.7. The first kappa shape index (κ1) is 48.9. The van der Waals surface area contributed by atoms with Crippen molar-refractivity contribution in [3.05, 3.63) is 29.8 Å². The minimum Gasteiger partial charge on any atom is -0.460 e. The molecule has 16 heteroatoms. The van der Waals surface area contributed by atoms with Gasteiger partial charge in [-0.05, 0) is 50.8 Å². The summed E-state index contributed by atoms with van der Waals surface area (Å²) in [6, 6.07) is 6.13. The van der Waals surface area contributed by atoms with Crippen LogP contribution in [-0.2, 0) is 63.9 Å². The fraction of sp³-hybridized carbons (Fsp3) is 0.683. The number of likely N-dealkylation sites (tertiary alicyclic amines) is 1. The van der Waals surface area contributed by atoms with Crippen LogP contribution in [0, 0.1) is 22.7 Å². The summed E-state index contributed by atoms with van der Waals surface area (Å²) >= 11 is 0. The predicted octanol–water partition coefficient (Wildman–Crippen LogP) is 3.20. The van der Waals surface area contributed by atoms with Gasteiger partial charge in [0.2, 0.25) is 29.5 Å². The molecule has 0 radical (unpaired) electrons. The Morgan fingerprint density at radius 2 is 1.33 bits per heavy atom. The maximum Gasteiger partial charge on any atom is 0.311 e. The third kappa shape index (κ3) is 19.2. The average molecular weight is 805 g/mol. The first-order chi connectivity index (χ1) is 26.8. The monoisotopic (exact) mass is 804 g/mol. The van der Waals surface area contributed by atoms with Gasteiger partial charge in [-0.25, -0.2) is 0 Å². The van der Waals surface area contributed by atoms with Crippen molar-refractivity contribution in [3.8, 4) is 0 Å². The van der Waals surface area contributed by atoms with Gasteiger partial charge >= 0.3 is 5.97 Å². The van der Waals surface area contributed by atoms with Crippen molar-refractivity contribution in [2.24, 2.45) is 22.7 Å². The highest BCUT2D eigenvalue weighted by atomic mass is 16.6. The van der Waals surface area contributed by atoms with E-state index in [4.69, 9.17) is 23.7 Å². The van der Waals surface area contributed by atoms with Crippen LogP contribution in [0.15, 0.2) is 24.3 Å². The van der Waals surface area contributed by atoms with Crippen molar-refractivity contribution in [2.75, 3.05) is 71.3 Å². The largest absolute Gasteiger partial charge is 0.460 e. The lowest BCUT2D eigenvalue weighted by atomic mass is 9.80. The number of anilines is 1. The van der Waals surface area contributed by atoms with Crippen LogP contribution in [0.25, 0.3) is 0 Å². The highest BCUT2D eigenvalue weighted by molar-refractivity contribution is 6.04. The molecule has 3 atom stereocenters. The lowest BCUT2D eigenvalue weighted by Gasteiger charge is -2.24. The Labute approximate surface area is 336 Å². The zero-order valence-electron chi connectivity index (χ0n) is 35.0. The van der Waals surface area contributed by atoms with Crippen LogP contribution in [0.5, 0.6) is 0 Å². The summed E-state index contributed by atoms with van der Waals surface area (Å²) in [7, 11) is 0. The summed E-state index contributed by atoms with van der Waals surface area (Å²) in [5.41, 5.74) is 0.424. The molecule has 0 spiro atoms. The Morgan fingerprint density at radius 3 is 1.88 bits per heavy atom. The standard InChI is InChI=1S/C41H64N4O12/c1-28(37(50)44-31-11-9-30(10-12-31)27-57-39(52)41(6,7)8)25-33(46)29(2)43-35(48)14-17-53-19-21-55-23-24-56-22-20-54-18-15-42-34(47)13-16-45-36(49)26-32(38(45)51)40(3,4)5/h9-12,28-29,32H,13-27H2,1-8H3,(H,42,47)(H,43,48)(H,44,50)/t28-,29+,32?/m1/s1. The average Bonchev–Trinajstić information content (AvgIpc) is 3.43. The number of nitrogens with zero attached hydrogens (tertiary/aromatic N) is 1. The Kier molecular flexibility index (Phi) is 21.0. The minimum absolute atomic E-state index is 0.0460. The molecule has 1 aromatic carbocycles. The molecule has 1 saturated heterocycles. The van der Waals surface area contributed by atoms with Crippen molar-refractivity contribution < 1.29 is 57.2 Å². The third-order valence-corrected chi connectivity index (χ3v) is 9.03. The van der Waals surface area contributed by atoms with Crippen molar-refractivity contribution >= 4 is 47.0 Å². The van der Waals surface area contributed by atoms with E-state index in [1.807, 2.05) is 20.8 Å². The molecular weight excluding hydrogens is 740 g/mol. The molecule has 1 aromatic rings. The molecule has 2 rings (SSSR count). The van der Waals surface area contributed by atoms with E-state index in [9.17, 15) is 33.6 Å². The topological polar surface area (TPSA) is 205 Å². The summed E-state index contributed by atoms with van der Waals surface area (Å²) in [5, 5.41) is 8.15. The quantitative estimate of drug-likeness (QED) is 0.0702. The smallest absolute Gasteiger partial charge is 0.311 e. The molecule has 1 aliphatic rings. The molecular formula is C41H64N4O12. The highest BCUT2D eigenvalue weighted by Gasteiger charge is 2.44. The van der Waals surface area contributed by atoms with Crippen molar-refractivity contribution in [3.63, 3.8) is 0 Å². The van der Waals surface area contributed by atoms with Crippen LogP contribution >= 0.6 is 0 Å². The predicted molar refractivity (Wildman–Crippen MR) is 211 cm³/mol. The fourth-order valence-corrected chi connectivity index (χ4v) is 5.37. The van der Waals surface area contributed by atoms with Crippen LogP contribution in [0.4, 0.5) is 5.69 Å². The van der Waals surface area contributed by atoms with Gasteiger partial charge in [-0.3, -0.25) is 38.5 Å². The number of hydrogen-bond acceptors (Lipinski definition) is 12. The van der Waals surface area contributed by atoms with Crippen LogP contribution in [0.3, 0.4) is 0 Å². The van der Waals surface area contributed by atoms with Gasteiger partial charge in [0.1, 0.15) is 6.61 Å². The SMILES string of the molecule is C[C@H](CC(=O)[C@H](C)NC(=O)CCOCCOCCOCCOCCNC(=O)CCN1C(=O)CC(C(C)(C)C)C1=O)C(=O)Nc1ccc(COC(=O)C(C)(C)C)cc1. The zero-order valence-corrected chi connectivity index (χ0v) is 35.0. The molecule has 1 aliphatic heterocycles. The summed E-state index contributed by atoms with van der Waals surface area (Å²) in [6.45, 7) is 17.2. The zero-order chi connectivity index (χ0) is 42.6. The molecule has 1 fully saturated rings. The number of carbonyl (C=O) groups excluding carboxylic acids is 7. The van der Waals surface area contributed by atoms with Crippen molar-refractivity contribution in [1.29, 1.82) is 0 Å². The summed E-state index contributed by atoms with van der Waals surface area (Å²) in [4.78, 5) is 87.7. The first-order valence-corrected chi connectivity index (χ1v) is 19.6. The molecule has 1 heterocycles. The first-order valence-electron chi connectivity index (χ1n) is 19.6. The van der Waals surface area contributed by atoms with E-state index in [1.165, 1.54) is 4.90 Å². The van der Waals surface area contributed by atoms with Gasteiger partial charge in [0.05, 0.1) is 70.2 Å². The maximum absolute atomic E-state index is 12.7. The Balaban J connectivity index is 1.43. The number of amides is 5. The van der Waals surface area contributed by atoms with E-state index < -0.39 is 17.4 Å². The Hall–Kier alpha value is -4.25. The second-order valence-electron chi connectivity index (χ2n) is 16.2. The minimum atomic E-state index is -0.766. The molecule has 57 heavy (non-hydrogen) atoms. The number of Topliss-reactive ketones (excluding diaryl/α,β-unsaturated/α-hetero) is 1. The van der Waals surface area contributed by atoms with Gasteiger partial charge in [-0.15, -0.1) is 0 Å². The number of rotatable bonds is 26. The number of benzene rings is 1. The third-order valence-electron chi connectivity index (χ3n) is 9.03. The number of ether oxygens (including phenoxy) is 5. The summed E-state index contributed by atoms with van der Waals surface area (Å²) < 4.78 is 27.1. The molecule has 3 N–H and O–H groups in total. The van der Waals surface area contributed by atoms with E-state index >= 15 is 0 Å². The number of esters is 1. The Bertz CT molecular complexity index is 1490. The summed E-state index contributed by atoms with van der Waals surface area (Å²) in [5.74, 6) is -2.94. The number of carbonyl (C=O) groups is 7. The van der Waals surface area contributed by atoms with Crippen LogP contribution in [0.2, 0.25) is 0 Å². The van der Waals surface area contributed by atoms with Gasteiger partial charge in [-0.2, -0.15) is 0 Å². The van der Waals surface area contributed by atoms with E-state index in [0.29, 0.717) is 51.9 Å². The van der Waals surface area contributed by atoms with Crippen molar-refractivity contribution in [2.45, 2.75) is 93.7 Å². The van der Waals surface area contributed by atoms with E-state index in [1.54, 1.807) is 58.9 Å². The van der Waals surface area contributed by atoms with Crippen LogP contribution < -0.4 is 16.0 Å². The summed E-state index contributed by atoms with van der Waals surface area (Å²) in [6.07, 6.45) is 0.241. The Morgan fingerprint density at radius 1 is 0.772 bits per heavy atom. The van der Waals surface area contributed by atoms with Gasteiger partial charge < -0.3 is 39.6 Å². The van der Waals surface area contributed by atoms with E-state index in [0.717, 1.165) is 5.56 Å². The number of imide groups is 1. The van der Waals surface area contributed by atoms with E-state index in [2.05, 4.69) is 16.0 Å². The molecule has 0 saturated carbocycles.